The van der Waals surface area contributed by atoms with Gasteiger partial charge in [0.25, 0.3) is 0 Å². The number of carboxylic acid groups (broad SMARTS) is 1. The molecule has 1 saturated heterocycles. The molecule has 1 rings (SSSR count). The molecule has 2 unspecified atom stereocenters. The molecule has 0 aromatic carbocycles. The van der Waals surface area contributed by atoms with Crippen molar-refractivity contribution in [2.75, 3.05) is 11.5 Å². The van der Waals surface area contributed by atoms with Crippen molar-refractivity contribution in [1.29, 1.82) is 0 Å². The Bertz CT molecular complexity index is 256. The number of aliphatic hydroxyl groups is 1. The van der Waals surface area contributed by atoms with E-state index < -0.39 is 30.1 Å². The van der Waals surface area contributed by atoms with Crippen LogP contribution in [0.4, 0.5) is 13.2 Å². The molecule has 1 heterocycles. The number of rotatable bonds is 2. The molecule has 7 heteroatoms. The SMILES string of the molecule is O=C(O)C1(CC(F)(F)F)CCSCC1O. The minimum atomic E-state index is -4.57. The molecule has 0 saturated carbocycles. The molecular weight excluding hydrogens is 233 g/mol. The van der Waals surface area contributed by atoms with Gasteiger partial charge in [-0.25, -0.2) is 0 Å². The molecule has 1 aliphatic heterocycles. The first-order chi connectivity index (χ1) is 6.78. The largest absolute Gasteiger partial charge is 0.481 e. The molecule has 0 aromatic rings. The summed E-state index contributed by atoms with van der Waals surface area (Å²) in [5.74, 6) is -1.19. The maximum absolute atomic E-state index is 12.2. The summed E-state index contributed by atoms with van der Waals surface area (Å²) in [7, 11) is 0. The Hall–Kier alpha value is -0.430. The molecule has 0 bridgehead atoms. The van der Waals surface area contributed by atoms with Crippen molar-refractivity contribution in [2.45, 2.75) is 25.1 Å². The van der Waals surface area contributed by atoms with Gasteiger partial charge in [-0.3, -0.25) is 4.79 Å². The normalized spacial score (nSPS) is 32.7. The molecular formula is C8H11F3O3S. The van der Waals surface area contributed by atoms with Crippen LogP contribution in [0.25, 0.3) is 0 Å². The molecule has 0 spiro atoms. The van der Waals surface area contributed by atoms with Gasteiger partial charge in [0.15, 0.2) is 0 Å². The molecule has 0 aliphatic carbocycles. The summed E-state index contributed by atoms with van der Waals surface area (Å²) in [6.07, 6.45) is -7.61. The van der Waals surface area contributed by atoms with E-state index in [0.29, 0.717) is 5.75 Å². The molecule has 0 aromatic heterocycles. The summed E-state index contributed by atoms with van der Waals surface area (Å²) < 4.78 is 36.7. The van der Waals surface area contributed by atoms with Gasteiger partial charge < -0.3 is 10.2 Å². The van der Waals surface area contributed by atoms with Crippen LogP contribution in [0.2, 0.25) is 0 Å². The van der Waals surface area contributed by atoms with E-state index in [4.69, 9.17) is 5.11 Å². The first kappa shape index (κ1) is 12.6. The van der Waals surface area contributed by atoms with E-state index in [1.807, 2.05) is 0 Å². The number of aliphatic carboxylic acids is 1. The van der Waals surface area contributed by atoms with Crippen molar-refractivity contribution in [3.05, 3.63) is 0 Å². The van der Waals surface area contributed by atoms with Crippen LogP contribution in [0.3, 0.4) is 0 Å². The Kier molecular flexibility index (Phi) is 3.55. The second kappa shape index (κ2) is 4.21. The van der Waals surface area contributed by atoms with E-state index in [0.717, 1.165) is 0 Å². The Morgan fingerprint density at radius 3 is 2.53 bits per heavy atom. The van der Waals surface area contributed by atoms with E-state index in [1.165, 1.54) is 11.8 Å². The van der Waals surface area contributed by atoms with Gasteiger partial charge in [0, 0.05) is 5.75 Å². The summed E-state index contributed by atoms with van der Waals surface area (Å²) in [6.45, 7) is 0. The van der Waals surface area contributed by atoms with Crippen LogP contribution in [0.5, 0.6) is 0 Å². The lowest BCUT2D eigenvalue weighted by atomic mass is 9.76. The van der Waals surface area contributed by atoms with Gasteiger partial charge in [-0.2, -0.15) is 24.9 Å². The average molecular weight is 244 g/mol. The zero-order valence-electron chi connectivity index (χ0n) is 7.75. The summed E-state index contributed by atoms with van der Waals surface area (Å²) in [4.78, 5) is 10.9. The predicted octanol–water partition coefficient (Wildman–Crippen LogP) is 1.51. The topological polar surface area (TPSA) is 57.5 Å². The van der Waals surface area contributed by atoms with Crippen molar-refractivity contribution < 1.29 is 28.2 Å². The first-order valence-electron chi connectivity index (χ1n) is 4.34. The highest BCUT2D eigenvalue weighted by Crippen LogP contribution is 2.43. The third kappa shape index (κ3) is 2.78. The lowest BCUT2D eigenvalue weighted by molar-refractivity contribution is -0.191. The lowest BCUT2D eigenvalue weighted by Gasteiger charge is -2.37. The predicted molar refractivity (Wildman–Crippen MR) is 48.7 cm³/mol. The van der Waals surface area contributed by atoms with Gasteiger partial charge in [-0.05, 0) is 12.2 Å². The maximum Gasteiger partial charge on any atom is 0.390 e. The number of halogens is 3. The third-order valence-electron chi connectivity index (χ3n) is 2.55. The third-order valence-corrected chi connectivity index (χ3v) is 3.59. The number of carbonyl (C=O) groups is 1. The summed E-state index contributed by atoms with van der Waals surface area (Å²) >= 11 is 1.27. The van der Waals surface area contributed by atoms with Crippen molar-refractivity contribution >= 4 is 17.7 Å². The number of thioether (sulfide) groups is 1. The highest BCUT2D eigenvalue weighted by atomic mass is 32.2. The minimum absolute atomic E-state index is 0.0440. The molecule has 3 nitrogen and oxygen atoms in total. The zero-order valence-corrected chi connectivity index (χ0v) is 8.57. The van der Waals surface area contributed by atoms with Gasteiger partial charge in [-0.15, -0.1) is 0 Å². The highest BCUT2D eigenvalue weighted by molar-refractivity contribution is 7.99. The quantitative estimate of drug-likeness (QED) is 0.773. The molecule has 0 amide bonds. The molecule has 2 atom stereocenters. The van der Waals surface area contributed by atoms with E-state index >= 15 is 0 Å². The van der Waals surface area contributed by atoms with E-state index in [2.05, 4.69) is 0 Å². The zero-order chi connectivity index (χ0) is 11.7. The van der Waals surface area contributed by atoms with E-state index in [1.54, 1.807) is 0 Å². The monoisotopic (exact) mass is 244 g/mol. The van der Waals surface area contributed by atoms with Crippen LogP contribution in [-0.4, -0.2) is 40.0 Å². The Morgan fingerprint density at radius 1 is 1.53 bits per heavy atom. The van der Waals surface area contributed by atoms with Crippen LogP contribution in [0.1, 0.15) is 12.8 Å². The van der Waals surface area contributed by atoms with Crippen molar-refractivity contribution in [1.82, 2.24) is 0 Å². The Balaban J connectivity index is 2.91. The smallest absolute Gasteiger partial charge is 0.390 e. The van der Waals surface area contributed by atoms with Crippen LogP contribution in [0, 0.1) is 5.41 Å². The Labute approximate surface area is 88.7 Å². The van der Waals surface area contributed by atoms with Crippen LogP contribution in [0.15, 0.2) is 0 Å². The van der Waals surface area contributed by atoms with Gasteiger partial charge in [0.05, 0.1) is 12.5 Å². The fourth-order valence-corrected chi connectivity index (χ4v) is 2.88. The van der Waals surface area contributed by atoms with Crippen LogP contribution >= 0.6 is 11.8 Å². The van der Waals surface area contributed by atoms with E-state index in [9.17, 15) is 23.1 Å². The van der Waals surface area contributed by atoms with Gasteiger partial charge in [0.2, 0.25) is 0 Å². The fraction of sp³-hybridized carbons (Fsp3) is 0.875. The van der Waals surface area contributed by atoms with Crippen LogP contribution in [-0.2, 0) is 4.79 Å². The summed E-state index contributed by atoms with van der Waals surface area (Å²) in [6, 6.07) is 0. The second-order valence-electron chi connectivity index (χ2n) is 3.59. The number of hydrogen-bond donors (Lipinski definition) is 2. The summed E-state index contributed by atoms with van der Waals surface area (Å²) in [5, 5.41) is 18.3. The van der Waals surface area contributed by atoms with Gasteiger partial charge in [0.1, 0.15) is 5.41 Å². The maximum atomic E-state index is 12.2. The number of hydrogen-bond acceptors (Lipinski definition) is 3. The Morgan fingerprint density at radius 2 is 2.13 bits per heavy atom. The van der Waals surface area contributed by atoms with Gasteiger partial charge >= 0.3 is 12.1 Å². The molecule has 0 radical (unpaired) electrons. The second-order valence-corrected chi connectivity index (χ2v) is 4.74. The van der Waals surface area contributed by atoms with Crippen LogP contribution < -0.4 is 0 Å². The lowest BCUT2D eigenvalue weighted by Crippen LogP contribution is -2.49. The molecule has 1 fully saturated rings. The van der Waals surface area contributed by atoms with E-state index in [-0.39, 0.29) is 12.2 Å². The number of carboxylic acids is 1. The fourth-order valence-electron chi connectivity index (χ4n) is 1.66. The highest BCUT2D eigenvalue weighted by Gasteiger charge is 2.53. The average Bonchev–Trinajstić information content (AvgIpc) is 2.06. The van der Waals surface area contributed by atoms with Crippen molar-refractivity contribution in [3.63, 3.8) is 0 Å². The standard InChI is InChI=1S/C8H11F3O3S/c9-8(10,11)4-7(6(13)14)1-2-15-3-5(7)12/h5,12H,1-4H2,(H,13,14). The van der Waals surface area contributed by atoms with Gasteiger partial charge in [-0.1, -0.05) is 0 Å². The molecule has 88 valence electrons. The minimum Gasteiger partial charge on any atom is -0.481 e. The summed E-state index contributed by atoms with van der Waals surface area (Å²) in [5.41, 5.74) is -2.05. The number of alkyl halides is 3. The van der Waals surface area contributed by atoms with Crippen molar-refractivity contribution in [2.24, 2.45) is 5.41 Å². The molecule has 2 N–H and O–H groups in total. The van der Waals surface area contributed by atoms with Crippen molar-refractivity contribution in [3.8, 4) is 0 Å². The molecule has 15 heavy (non-hydrogen) atoms. The first-order valence-corrected chi connectivity index (χ1v) is 5.49. The number of aliphatic hydroxyl groups excluding tert-OH is 1. The molecule has 1 aliphatic rings.